The van der Waals surface area contributed by atoms with Crippen molar-refractivity contribution in [2.75, 3.05) is 18.0 Å². The molecule has 6 nitrogen and oxygen atoms in total. The molecule has 1 saturated heterocycles. The Hall–Kier alpha value is -1.40. The molecule has 0 bridgehead atoms. The van der Waals surface area contributed by atoms with E-state index in [4.69, 9.17) is 5.73 Å². The number of nitrogens with zero attached hydrogens (tertiary/aromatic N) is 3. The predicted octanol–water partition coefficient (Wildman–Crippen LogP) is 1.53. The molecule has 2 rings (SSSR count). The normalized spacial score (nSPS) is 19.2. The minimum Gasteiger partial charge on any atom is -0.354 e. The number of nitrogens with two attached hydrogens (primary N) is 1. The molecule has 2 atom stereocenters. The van der Waals surface area contributed by atoms with Crippen molar-refractivity contribution in [3.63, 3.8) is 0 Å². The van der Waals surface area contributed by atoms with Gasteiger partial charge < -0.3 is 16.0 Å². The molecular formula is C16H28ClN5O. The molecule has 1 aromatic heterocycles. The number of hydrogen-bond donors (Lipinski definition) is 2. The van der Waals surface area contributed by atoms with E-state index >= 15 is 0 Å². The summed E-state index contributed by atoms with van der Waals surface area (Å²) in [6.07, 6.45) is 4.53. The maximum Gasteiger partial charge on any atom is 0.237 e. The van der Waals surface area contributed by atoms with E-state index < -0.39 is 6.04 Å². The highest BCUT2D eigenvalue weighted by Crippen LogP contribution is 2.18. The smallest absolute Gasteiger partial charge is 0.237 e. The Kier molecular flexibility index (Phi) is 7.72. The van der Waals surface area contributed by atoms with Gasteiger partial charge in [0.2, 0.25) is 5.91 Å². The highest BCUT2D eigenvalue weighted by Gasteiger charge is 2.25. The highest BCUT2D eigenvalue weighted by molar-refractivity contribution is 5.85. The number of piperidine rings is 1. The summed E-state index contributed by atoms with van der Waals surface area (Å²) in [5, 5.41) is 3.08. The van der Waals surface area contributed by atoms with Gasteiger partial charge in [-0.05, 0) is 25.2 Å². The molecular weight excluding hydrogens is 314 g/mol. The van der Waals surface area contributed by atoms with Crippen LogP contribution in [0.1, 0.15) is 39.3 Å². The van der Waals surface area contributed by atoms with Gasteiger partial charge in [0.25, 0.3) is 0 Å². The first-order valence-corrected chi connectivity index (χ1v) is 8.13. The predicted molar refractivity (Wildman–Crippen MR) is 94.8 cm³/mol. The standard InChI is InChI=1S/C16H27N5O.ClH/c1-4-12-8-14(19-10-18-12)21-7-5-6-13(9-21)20-16(22)15(17)11(2)3;/h8,10-11,13,15H,4-7,9,17H2,1-3H3,(H,20,22);1H/t13?,15-;/m0./s1. The number of amides is 1. The molecule has 1 fully saturated rings. The molecule has 1 aromatic rings. The van der Waals surface area contributed by atoms with Gasteiger partial charge in [0.05, 0.1) is 6.04 Å². The Morgan fingerprint density at radius 1 is 1.48 bits per heavy atom. The molecule has 0 aliphatic carbocycles. The van der Waals surface area contributed by atoms with Crippen LogP contribution < -0.4 is 16.0 Å². The molecule has 1 aliphatic rings. The van der Waals surface area contributed by atoms with Crippen LogP contribution >= 0.6 is 12.4 Å². The fraction of sp³-hybridized carbons (Fsp3) is 0.688. The number of hydrogen-bond acceptors (Lipinski definition) is 5. The lowest BCUT2D eigenvalue weighted by Gasteiger charge is -2.34. The maximum absolute atomic E-state index is 12.1. The van der Waals surface area contributed by atoms with Gasteiger partial charge in [0.1, 0.15) is 12.1 Å². The van der Waals surface area contributed by atoms with Gasteiger partial charge in [-0.25, -0.2) is 9.97 Å². The van der Waals surface area contributed by atoms with E-state index in [9.17, 15) is 4.79 Å². The first-order chi connectivity index (χ1) is 10.5. The fourth-order valence-electron chi connectivity index (χ4n) is 2.66. The average molecular weight is 342 g/mol. The SMILES string of the molecule is CCc1cc(N2CCCC(NC(=O)[C@@H](N)C(C)C)C2)ncn1.Cl. The van der Waals surface area contributed by atoms with Crippen LogP contribution in [-0.4, -0.2) is 41.0 Å². The molecule has 0 saturated carbocycles. The molecule has 23 heavy (non-hydrogen) atoms. The summed E-state index contributed by atoms with van der Waals surface area (Å²) in [6, 6.07) is 1.72. The number of carbonyl (C=O) groups excluding carboxylic acids is 1. The second-order valence-corrected chi connectivity index (χ2v) is 6.28. The van der Waals surface area contributed by atoms with Crippen LogP contribution in [0.3, 0.4) is 0 Å². The summed E-state index contributed by atoms with van der Waals surface area (Å²) in [7, 11) is 0. The molecule has 3 N–H and O–H groups in total. The summed E-state index contributed by atoms with van der Waals surface area (Å²) < 4.78 is 0. The van der Waals surface area contributed by atoms with Crippen molar-refractivity contribution in [3.8, 4) is 0 Å². The second kappa shape index (κ2) is 9.03. The van der Waals surface area contributed by atoms with Crippen molar-refractivity contribution < 1.29 is 4.79 Å². The first kappa shape index (κ1) is 19.6. The van der Waals surface area contributed by atoms with Crippen molar-refractivity contribution in [2.24, 2.45) is 11.7 Å². The lowest BCUT2D eigenvalue weighted by Crippen LogP contribution is -2.53. The Morgan fingerprint density at radius 2 is 2.22 bits per heavy atom. The van der Waals surface area contributed by atoms with Crippen LogP contribution in [0.4, 0.5) is 5.82 Å². The van der Waals surface area contributed by atoms with E-state index in [0.29, 0.717) is 0 Å². The van der Waals surface area contributed by atoms with E-state index in [-0.39, 0.29) is 30.3 Å². The number of carbonyl (C=O) groups is 1. The van der Waals surface area contributed by atoms with Crippen molar-refractivity contribution in [1.29, 1.82) is 0 Å². The van der Waals surface area contributed by atoms with Gasteiger partial charge in [-0.1, -0.05) is 20.8 Å². The van der Waals surface area contributed by atoms with Gasteiger partial charge >= 0.3 is 0 Å². The minimum atomic E-state index is -0.443. The quantitative estimate of drug-likeness (QED) is 0.848. The zero-order valence-corrected chi connectivity index (χ0v) is 15.0. The van der Waals surface area contributed by atoms with Crippen LogP contribution in [0.5, 0.6) is 0 Å². The topological polar surface area (TPSA) is 84.1 Å². The van der Waals surface area contributed by atoms with Crippen molar-refractivity contribution >= 4 is 24.1 Å². The molecule has 1 aliphatic heterocycles. The molecule has 1 amide bonds. The Labute approximate surface area is 144 Å². The van der Waals surface area contributed by atoms with Crippen molar-refractivity contribution in [1.82, 2.24) is 15.3 Å². The lowest BCUT2D eigenvalue weighted by molar-refractivity contribution is -0.124. The van der Waals surface area contributed by atoms with Crippen LogP contribution in [0.2, 0.25) is 0 Å². The molecule has 0 spiro atoms. The fourth-order valence-corrected chi connectivity index (χ4v) is 2.66. The largest absolute Gasteiger partial charge is 0.354 e. The zero-order valence-electron chi connectivity index (χ0n) is 14.2. The third kappa shape index (κ3) is 5.32. The minimum absolute atomic E-state index is 0. The Morgan fingerprint density at radius 3 is 2.87 bits per heavy atom. The van der Waals surface area contributed by atoms with Gasteiger partial charge in [-0.3, -0.25) is 4.79 Å². The van der Waals surface area contributed by atoms with E-state index in [1.54, 1.807) is 6.33 Å². The zero-order chi connectivity index (χ0) is 16.1. The molecule has 1 unspecified atom stereocenters. The number of halogens is 1. The molecule has 0 radical (unpaired) electrons. The lowest BCUT2D eigenvalue weighted by atomic mass is 10.0. The second-order valence-electron chi connectivity index (χ2n) is 6.28. The number of nitrogens with one attached hydrogen (secondary N) is 1. The summed E-state index contributed by atoms with van der Waals surface area (Å²) in [6.45, 7) is 7.74. The van der Waals surface area contributed by atoms with Gasteiger partial charge in [-0.2, -0.15) is 0 Å². The van der Waals surface area contributed by atoms with E-state index in [0.717, 1.165) is 43.9 Å². The summed E-state index contributed by atoms with van der Waals surface area (Å²) in [5.74, 6) is 1.03. The van der Waals surface area contributed by atoms with Crippen LogP contribution in [0, 0.1) is 5.92 Å². The van der Waals surface area contributed by atoms with Crippen LogP contribution in [0.25, 0.3) is 0 Å². The Bertz CT molecular complexity index is 511. The highest BCUT2D eigenvalue weighted by atomic mass is 35.5. The van der Waals surface area contributed by atoms with Gasteiger partial charge in [-0.15, -0.1) is 12.4 Å². The summed E-state index contributed by atoms with van der Waals surface area (Å²) in [5.41, 5.74) is 6.95. The van der Waals surface area contributed by atoms with Crippen LogP contribution in [-0.2, 0) is 11.2 Å². The van der Waals surface area contributed by atoms with E-state index in [2.05, 4.69) is 27.1 Å². The number of aryl methyl sites for hydroxylation is 1. The van der Waals surface area contributed by atoms with E-state index in [1.807, 2.05) is 19.9 Å². The molecule has 0 aromatic carbocycles. The summed E-state index contributed by atoms with van der Waals surface area (Å²) >= 11 is 0. The number of aromatic nitrogens is 2. The van der Waals surface area contributed by atoms with Gasteiger partial charge in [0.15, 0.2) is 0 Å². The molecule has 130 valence electrons. The third-order valence-corrected chi connectivity index (χ3v) is 4.18. The molecule has 2 heterocycles. The van der Waals surface area contributed by atoms with Crippen molar-refractivity contribution in [3.05, 3.63) is 18.1 Å². The summed E-state index contributed by atoms with van der Waals surface area (Å²) in [4.78, 5) is 22.9. The number of anilines is 1. The van der Waals surface area contributed by atoms with E-state index in [1.165, 1.54) is 0 Å². The average Bonchev–Trinajstić information content (AvgIpc) is 2.54. The molecule has 7 heteroatoms. The van der Waals surface area contributed by atoms with Crippen LogP contribution in [0.15, 0.2) is 12.4 Å². The first-order valence-electron chi connectivity index (χ1n) is 8.13. The van der Waals surface area contributed by atoms with Gasteiger partial charge in [0, 0.05) is 30.9 Å². The maximum atomic E-state index is 12.1. The van der Waals surface area contributed by atoms with Crippen molar-refractivity contribution in [2.45, 2.75) is 52.1 Å². The third-order valence-electron chi connectivity index (χ3n) is 4.18. The number of rotatable bonds is 5. The monoisotopic (exact) mass is 341 g/mol. The Balaban J connectivity index is 0.00000264.